The van der Waals surface area contributed by atoms with Gasteiger partial charge in [-0.05, 0) is 53.0 Å². The van der Waals surface area contributed by atoms with Crippen LogP contribution in [0.5, 0.6) is 0 Å². The Morgan fingerprint density at radius 1 is 1.25 bits per heavy atom. The first-order valence-electron chi connectivity index (χ1n) is 7.92. The zero-order valence-corrected chi connectivity index (χ0v) is 15.4. The highest BCUT2D eigenvalue weighted by Crippen LogP contribution is 2.32. The lowest BCUT2D eigenvalue weighted by atomic mass is 9.93. The van der Waals surface area contributed by atoms with Crippen molar-refractivity contribution in [3.8, 4) is 0 Å². The Morgan fingerprint density at radius 3 is 2.54 bits per heavy atom. The number of esters is 1. The number of benzene rings is 2. The molecular weight excluding hydrogens is 370 g/mol. The zero-order chi connectivity index (χ0) is 17.5. The molecule has 2 N–H and O–H groups in total. The molecule has 2 aromatic rings. The van der Waals surface area contributed by atoms with Crippen LogP contribution in [0.4, 0.5) is 5.69 Å². The number of anilines is 1. The van der Waals surface area contributed by atoms with Gasteiger partial charge < -0.3 is 15.2 Å². The molecule has 4 nitrogen and oxygen atoms in total. The van der Waals surface area contributed by atoms with E-state index >= 15 is 0 Å². The normalized spacial score (nSPS) is 13.2. The average Bonchev–Trinajstić information content (AvgIpc) is 2.57. The molecule has 2 aromatic carbocycles. The summed E-state index contributed by atoms with van der Waals surface area (Å²) in [5, 5.41) is 13.2. The fourth-order valence-corrected chi connectivity index (χ4v) is 3.15. The Bertz CT molecular complexity index is 676. The largest absolute Gasteiger partial charge is 0.466 e. The van der Waals surface area contributed by atoms with Crippen LogP contribution in [-0.2, 0) is 9.53 Å². The fraction of sp³-hybridized carbons (Fsp3) is 0.316. The SMILES string of the molecule is CCOC(=O)C(CO)C(Nc1ccc(C)cc1Br)c1ccccc1. The van der Waals surface area contributed by atoms with Crippen molar-refractivity contribution in [2.24, 2.45) is 5.92 Å². The Balaban J connectivity index is 2.37. The number of aryl methyl sites for hydroxylation is 1. The first-order chi connectivity index (χ1) is 11.6. The van der Waals surface area contributed by atoms with Crippen LogP contribution >= 0.6 is 15.9 Å². The van der Waals surface area contributed by atoms with Crippen LogP contribution in [0, 0.1) is 12.8 Å². The van der Waals surface area contributed by atoms with Crippen LogP contribution in [0.15, 0.2) is 53.0 Å². The van der Waals surface area contributed by atoms with Crippen molar-refractivity contribution in [3.05, 3.63) is 64.1 Å². The topological polar surface area (TPSA) is 58.6 Å². The summed E-state index contributed by atoms with van der Waals surface area (Å²) in [6.07, 6.45) is 0. The number of hydrogen-bond donors (Lipinski definition) is 2. The molecule has 0 spiro atoms. The van der Waals surface area contributed by atoms with Gasteiger partial charge in [0, 0.05) is 10.2 Å². The molecule has 2 unspecified atom stereocenters. The number of nitrogens with one attached hydrogen (secondary N) is 1. The molecule has 0 saturated carbocycles. The maximum Gasteiger partial charge on any atom is 0.313 e. The van der Waals surface area contributed by atoms with Gasteiger partial charge in [-0.15, -0.1) is 0 Å². The number of rotatable bonds is 7. The summed E-state index contributed by atoms with van der Waals surface area (Å²) in [4.78, 5) is 12.3. The standard InChI is InChI=1S/C19H22BrNO3/c1-3-24-19(23)15(12-22)18(14-7-5-4-6-8-14)21-17-10-9-13(2)11-16(17)20/h4-11,15,18,21-22H,3,12H2,1-2H3. The summed E-state index contributed by atoms with van der Waals surface area (Å²) in [5.41, 5.74) is 2.90. The molecule has 0 fully saturated rings. The highest BCUT2D eigenvalue weighted by molar-refractivity contribution is 9.10. The first-order valence-corrected chi connectivity index (χ1v) is 8.71. The maximum atomic E-state index is 12.3. The third-order valence-corrected chi connectivity index (χ3v) is 4.44. The van der Waals surface area contributed by atoms with Crippen molar-refractivity contribution in [1.82, 2.24) is 0 Å². The minimum absolute atomic E-state index is 0.283. The lowest BCUT2D eigenvalue weighted by Gasteiger charge is -2.27. The second-order valence-electron chi connectivity index (χ2n) is 5.56. The van der Waals surface area contributed by atoms with Gasteiger partial charge in [-0.1, -0.05) is 36.4 Å². The van der Waals surface area contributed by atoms with Crippen LogP contribution in [0.3, 0.4) is 0 Å². The molecule has 0 amide bonds. The van der Waals surface area contributed by atoms with E-state index in [-0.39, 0.29) is 13.2 Å². The molecule has 5 heteroatoms. The zero-order valence-electron chi connectivity index (χ0n) is 13.8. The minimum atomic E-state index is -0.694. The number of carbonyl (C=O) groups excluding carboxylic acids is 1. The van der Waals surface area contributed by atoms with Gasteiger partial charge in [-0.25, -0.2) is 0 Å². The number of aliphatic hydroxyl groups is 1. The lowest BCUT2D eigenvalue weighted by Crippen LogP contribution is -2.32. The molecule has 128 valence electrons. The second-order valence-corrected chi connectivity index (χ2v) is 6.41. The van der Waals surface area contributed by atoms with Crippen molar-refractivity contribution in [3.63, 3.8) is 0 Å². The quantitative estimate of drug-likeness (QED) is 0.698. The molecule has 24 heavy (non-hydrogen) atoms. The summed E-state index contributed by atoms with van der Waals surface area (Å²) in [6, 6.07) is 15.2. The molecule has 0 aliphatic heterocycles. The predicted molar refractivity (Wildman–Crippen MR) is 98.9 cm³/mol. The van der Waals surface area contributed by atoms with Gasteiger partial charge in [-0.3, -0.25) is 4.79 Å². The number of aliphatic hydroxyl groups excluding tert-OH is 1. The van der Waals surface area contributed by atoms with E-state index in [1.807, 2.05) is 55.5 Å². The molecule has 0 radical (unpaired) electrons. The van der Waals surface area contributed by atoms with Crippen molar-refractivity contribution in [1.29, 1.82) is 0 Å². The van der Waals surface area contributed by atoms with Crippen molar-refractivity contribution >= 4 is 27.6 Å². The van der Waals surface area contributed by atoms with Crippen LogP contribution < -0.4 is 5.32 Å². The molecule has 0 aliphatic carbocycles. The molecule has 2 rings (SSSR count). The Morgan fingerprint density at radius 2 is 1.96 bits per heavy atom. The molecule has 0 aliphatic rings. The lowest BCUT2D eigenvalue weighted by molar-refractivity contribution is -0.150. The van der Waals surface area contributed by atoms with E-state index < -0.39 is 17.9 Å². The highest BCUT2D eigenvalue weighted by atomic mass is 79.9. The summed E-state index contributed by atoms with van der Waals surface area (Å²) in [7, 11) is 0. The van der Waals surface area contributed by atoms with E-state index in [2.05, 4.69) is 21.2 Å². The second kappa shape index (κ2) is 8.85. The van der Waals surface area contributed by atoms with Crippen molar-refractivity contribution in [2.75, 3.05) is 18.5 Å². The third kappa shape index (κ3) is 4.58. The summed E-state index contributed by atoms with van der Waals surface area (Å²) in [6.45, 7) is 3.76. The van der Waals surface area contributed by atoms with Gasteiger partial charge in [0.1, 0.15) is 5.92 Å². The number of halogens is 1. The van der Waals surface area contributed by atoms with Gasteiger partial charge in [-0.2, -0.15) is 0 Å². The molecule has 0 bridgehead atoms. The van der Waals surface area contributed by atoms with E-state index in [4.69, 9.17) is 4.74 Å². The average molecular weight is 392 g/mol. The summed E-state index contributed by atoms with van der Waals surface area (Å²) >= 11 is 3.55. The number of hydrogen-bond acceptors (Lipinski definition) is 4. The molecule has 0 aromatic heterocycles. The molecule has 0 saturated heterocycles. The van der Waals surface area contributed by atoms with Gasteiger partial charge in [0.15, 0.2) is 0 Å². The monoisotopic (exact) mass is 391 g/mol. The molecular formula is C19H22BrNO3. The van der Waals surface area contributed by atoms with Gasteiger partial charge >= 0.3 is 5.97 Å². The van der Waals surface area contributed by atoms with Crippen LogP contribution in [0.1, 0.15) is 24.1 Å². The summed E-state index contributed by atoms with van der Waals surface area (Å²) in [5.74, 6) is -1.11. The molecule has 0 heterocycles. The Kier molecular flexibility index (Phi) is 6.82. The highest BCUT2D eigenvalue weighted by Gasteiger charge is 2.30. The van der Waals surface area contributed by atoms with Crippen LogP contribution in [0.25, 0.3) is 0 Å². The van der Waals surface area contributed by atoms with Crippen LogP contribution in [-0.4, -0.2) is 24.3 Å². The van der Waals surface area contributed by atoms with Crippen molar-refractivity contribution in [2.45, 2.75) is 19.9 Å². The van der Waals surface area contributed by atoms with Gasteiger partial charge in [0.2, 0.25) is 0 Å². The van der Waals surface area contributed by atoms with E-state index in [1.54, 1.807) is 6.92 Å². The van der Waals surface area contributed by atoms with Crippen molar-refractivity contribution < 1.29 is 14.6 Å². The van der Waals surface area contributed by atoms with Gasteiger partial charge in [0.25, 0.3) is 0 Å². The Hall–Kier alpha value is -1.85. The van der Waals surface area contributed by atoms with E-state index in [0.29, 0.717) is 0 Å². The number of carbonyl (C=O) groups is 1. The fourth-order valence-electron chi connectivity index (χ4n) is 2.55. The first kappa shape index (κ1) is 18.5. The smallest absolute Gasteiger partial charge is 0.313 e. The van der Waals surface area contributed by atoms with Gasteiger partial charge in [0.05, 0.1) is 19.3 Å². The number of ether oxygens (including phenoxy) is 1. The molecule has 2 atom stereocenters. The van der Waals surface area contributed by atoms with E-state index in [1.165, 1.54) is 0 Å². The summed E-state index contributed by atoms with van der Waals surface area (Å²) < 4.78 is 6.04. The minimum Gasteiger partial charge on any atom is -0.466 e. The maximum absolute atomic E-state index is 12.3. The van der Waals surface area contributed by atoms with E-state index in [9.17, 15) is 9.90 Å². The Labute approximate surface area is 151 Å². The van der Waals surface area contributed by atoms with E-state index in [0.717, 1.165) is 21.3 Å². The predicted octanol–water partition coefficient (Wildman–Crippen LogP) is 4.08. The third-order valence-electron chi connectivity index (χ3n) is 3.78. The van der Waals surface area contributed by atoms with Crippen LogP contribution in [0.2, 0.25) is 0 Å².